The zero-order valence-corrected chi connectivity index (χ0v) is 10.7. The summed E-state index contributed by atoms with van der Waals surface area (Å²) in [6.45, 7) is 7.49. The molecule has 0 aliphatic carbocycles. The van der Waals surface area contributed by atoms with E-state index < -0.39 is 0 Å². The normalized spacial score (nSPS) is 10.5. The van der Waals surface area contributed by atoms with Crippen LogP contribution in [-0.2, 0) is 4.74 Å². The van der Waals surface area contributed by atoms with Crippen LogP contribution < -0.4 is 4.74 Å². The molecule has 0 amide bonds. The fraction of sp³-hybridized carbons (Fsp3) is 0.636. The monoisotopic (exact) mass is 244 g/mol. The summed E-state index contributed by atoms with van der Waals surface area (Å²) in [7, 11) is 0. The highest BCUT2D eigenvalue weighted by Gasteiger charge is 2.08. The molecule has 90 valence electrons. The fourth-order valence-corrected chi connectivity index (χ4v) is 1.36. The van der Waals surface area contributed by atoms with Gasteiger partial charge in [-0.25, -0.2) is 4.98 Å². The molecule has 0 unspecified atom stereocenters. The van der Waals surface area contributed by atoms with Gasteiger partial charge >= 0.3 is 0 Å². The molecule has 0 saturated carbocycles. The molecule has 0 bridgehead atoms. The van der Waals surface area contributed by atoms with E-state index in [0.717, 1.165) is 18.6 Å². The van der Waals surface area contributed by atoms with Gasteiger partial charge in [-0.1, -0.05) is 18.5 Å². The average molecular weight is 245 g/mol. The molecule has 0 atom stereocenters. The Morgan fingerprint density at radius 3 is 2.56 bits per heavy atom. The van der Waals surface area contributed by atoms with Gasteiger partial charge in [0, 0.05) is 12.2 Å². The molecule has 0 aliphatic rings. The number of nitrogens with zero attached hydrogens (tertiary/aromatic N) is 2. The van der Waals surface area contributed by atoms with E-state index in [2.05, 4.69) is 16.9 Å². The van der Waals surface area contributed by atoms with E-state index in [1.54, 1.807) is 6.92 Å². The predicted molar refractivity (Wildman–Crippen MR) is 63.1 cm³/mol. The number of aromatic nitrogens is 2. The first-order valence-electron chi connectivity index (χ1n) is 5.36. The number of hydrogen-bond donors (Lipinski definition) is 0. The lowest BCUT2D eigenvalue weighted by Crippen LogP contribution is -2.09. The average Bonchev–Trinajstić information content (AvgIpc) is 2.24. The molecule has 0 N–H and O–H groups in total. The van der Waals surface area contributed by atoms with Crippen molar-refractivity contribution in [1.29, 1.82) is 0 Å². The van der Waals surface area contributed by atoms with Gasteiger partial charge in [0.25, 0.3) is 0 Å². The molecular weight excluding hydrogens is 228 g/mol. The van der Waals surface area contributed by atoms with Crippen molar-refractivity contribution in [3.05, 3.63) is 16.5 Å². The highest BCUT2D eigenvalue weighted by atomic mass is 35.5. The number of aryl methyl sites for hydroxylation is 1. The summed E-state index contributed by atoms with van der Waals surface area (Å²) in [5.74, 6) is 1.15. The summed E-state index contributed by atoms with van der Waals surface area (Å²) in [5.41, 5.74) is 0.766. The number of hydrogen-bond acceptors (Lipinski definition) is 4. The Labute approximate surface area is 101 Å². The smallest absolute Gasteiger partial charge is 0.221 e. The van der Waals surface area contributed by atoms with Crippen LogP contribution in [0.2, 0.25) is 5.15 Å². The minimum absolute atomic E-state index is 0.442. The second-order valence-electron chi connectivity index (χ2n) is 3.45. The summed E-state index contributed by atoms with van der Waals surface area (Å²) in [4.78, 5) is 8.21. The van der Waals surface area contributed by atoms with Crippen LogP contribution in [0.15, 0.2) is 0 Å². The van der Waals surface area contributed by atoms with Gasteiger partial charge in [-0.3, -0.25) is 0 Å². The molecule has 0 radical (unpaired) electrons. The fourth-order valence-electron chi connectivity index (χ4n) is 1.15. The first-order valence-corrected chi connectivity index (χ1v) is 5.74. The Kier molecular flexibility index (Phi) is 5.49. The quantitative estimate of drug-likeness (QED) is 0.570. The van der Waals surface area contributed by atoms with Crippen molar-refractivity contribution in [1.82, 2.24) is 9.97 Å². The van der Waals surface area contributed by atoms with E-state index in [1.807, 2.05) is 6.92 Å². The molecule has 1 aromatic rings. The van der Waals surface area contributed by atoms with E-state index in [-0.39, 0.29) is 0 Å². The summed E-state index contributed by atoms with van der Waals surface area (Å²) >= 11 is 5.92. The van der Waals surface area contributed by atoms with Gasteiger partial charge < -0.3 is 9.47 Å². The number of rotatable bonds is 6. The highest BCUT2D eigenvalue weighted by Crippen LogP contribution is 2.21. The third-order valence-electron chi connectivity index (χ3n) is 1.97. The van der Waals surface area contributed by atoms with Gasteiger partial charge in [-0.15, -0.1) is 0 Å². The second-order valence-corrected chi connectivity index (χ2v) is 3.81. The second kappa shape index (κ2) is 6.66. The molecular formula is C11H17ClN2O2. The Morgan fingerprint density at radius 2 is 1.88 bits per heavy atom. The molecule has 0 aliphatic heterocycles. The first-order chi connectivity index (χ1) is 7.65. The molecule has 0 aromatic carbocycles. The standard InChI is InChI=1S/C11H17ClN2O2/c1-4-5-15-6-7-16-11-8(2)10(12)13-9(3)14-11/h4-7H2,1-3H3. The van der Waals surface area contributed by atoms with Crippen LogP contribution in [0.4, 0.5) is 0 Å². The maximum Gasteiger partial charge on any atom is 0.221 e. The van der Waals surface area contributed by atoms with Crippen LogP contribution in [0.25, 0.3) is 0 Å². The highest BCUT2D eigenvalue weighted by molar-refractivity contribution is 6.30. The van der Waals surface area contributed by atoms with Crippen LogP contribution >= 0.6 is 11.6 Å². The minimum Gasteiger partial charge on any atom is -0.475 e. The van der Waals surface area contributed by atoms with Gasteiger partial charge in [-0.05, 0) is 20.3 Å². The maximum atomic E-state index is 5.92. The van der Waals surface area contributed by atoms with Gasteiger partial charge in [-0.2, -0.15) is 4.98 Å². The Hall–Kier alpha value is -0.870. The maximum absolute atomic E-state index is 5.92. The zero-order valence-electron chi connectivity index (χ0n) is 9.92. The van der Waals surface area contributed by atoms with E-state index in [1.165, 1.54) is 0 Å². The predicted octanol–water partition coefficient (Wildman–Crippen LogP) is 2.55. The van der Waals surface area contributed by atoms with Crippen molar-refractivity contribution < 1.29 is 9.47 Å². The first kappa shape index (κ1) is 13.2. The molecule has 16 heavy (non-hydrogen) atoms. The molecule has 0 spiro atoms. The van der Waals surface area contributed by atoms with Gasteiger partial charge in [0.2, 0.25) is 5.88 Å². The number of ether oxygens (including phenoxy) is 2. The van der Waals surface area contributed by atoms with Gasteiger partial charge in [0.1, 0.15) is 17.6 Å². The topological polar surface area (TPSA) is 44.2 Å². The van der Waals surface area contributed by atoms with Crippen molar-refractivity contribution in [3.63, 3.8) is 0 Å². The van der Waals surface area contributed by atoms with Crippen LogP contribution in [0.5, 0.6) is 5.88 Å². The van der Waals surface area contributed by atoms with Crippen molar-refractivity contribution in [3.8, 4) is 5.88 Å². The van der Waals surface area contributed by atoms with E-state index >= 15 is 0 Å². The van der Waals surface area contributed by atoms with Crippen LogP contribution in [0.3, 0.4) is 0 Å². The molecule has 1 aromatic heterocycles. The van der Waals surface area contributed by atoms with Gasteiger partial charge in [0.15, 0.2) is 0 Å². The largest absolute Gasteiger partial charge is 0.475 e. The van der Waals surface area contributed by atoms with Crippen LogP contribution in [-0.4, -0.2) is 29.8 Å². The van der Waals surface area contributed by atoms with E-state index in [0.29, 0.717) is 30.1 Å². The van der Waals surface area contributed by atoms with Gasteiger partial charge in [0.05, 0.1) is 6.61 Å². The lowest BCUT2D eigenvalue weighted by Gasteiger charge is -2.09. The van der Waals surface area contributed by atoms with E-state index in [4.69, 9.17) is 21.1 Å². The zero-order chi connectivity index (χ0) is 12.0. The summed E-state index contributed by atoms with van der Waals surface area (Å²) < 4.78 is 10.8. The summed E-state index contributed by atoms with van der Waals surface area (Å²) in [6.07, 6.45) is 1.01. The molecule has 5 heteroatoms. The number of halogens is 1. The summed E-state index contributed by atoms with van der Waals surface area (Å²) in [6, 6.07) is 0. The molecule has 4 nitrogen and oxygen atoms in total. The minimum atomic E-state index is 0.442. The molecule has 1 rings (SSSR count). The van der Waals surface area contributed by atoms with Crippen molar-refractivity contribution in [2.24, 2.45) is 0 Å². The lowest BCUT2D eigenvalue weighted by atomic mass is 10.3. The van der Waals surface area contributed by atoms with Crippen LogP contribution in [0, 0.1) is 13.8 Å². The van der Waals surface area contributed by atoms with Crippen LogP contribution in [0.1, 0.15) is 24.7 Å². The van der Waals surface area contributed by atoms with Crippen molar-refractivity contribution >= 4 is 11.6 Å². The summed E-state index contributed by atoms with van der Waals surface area (Å²) in [5, 5.41) is 0.442. The van der Waals surface area contributed by atoms with E-state index in [9.17, 15) is 0 Å². The molecule has 1 heterocycles. The van der Waals surface area contributed by atoms with Crippen molar-refractivity contribution in [2.75, 3.05) is 19.8 Å². The molecule has 0 fully saturated rings. The van der Waals surface area contributed by atoms with Crippen molar-refractivity contribution in [2.45, 2.75) is 27.2 Å². The third-order valence-corrected chi connectivity index (χ3v) is 2.34. The lowest BCUT2D eigenvalue weighted by molar-refractivity contribution is 0.0986. The Bertz CT molecular complexity index is 345. The third kappa shape index (κ3) is 3.94. The SMILES string of the molecule is CCCOCCOc1nc(C)nc(Cl)c1C. The Morgan fingerprint density at radius 1 is 1.12 bits per heavy atom. The molecule has 0 saturated heterocycles. The Balaban J connectivity index is 2.47.